The van der Waals surface area contributed by atoms with E-state index in [0.717, 1.165) is 19.4 Å². The summed E-state index contributed by atoms with van der Waals surface area (Å²) in [5.41, 5.74) is 5.64. The van der Waals surface area contributed by atoms with E-state index >= 15 is 0 Å². The van der Waals surface area contributed by atoms with E-state index in [1.165, 1.54) is 0 Å². The van der Waals surface area contributed by atoms with Crippen LogP contribution in [0.25, 0.3) is 0 Å². The lowest BCUT2D eigenvalue weighted by Crippen LogP contribution is -2.49. The molecule has 0 aromatic carbocycles. The summed E-state index contributed by atoms with van der Waals surface area (Å²) in [6.07, 6.45) is 2.88. The van der Waals surface area contributed by atoms with Crippen molar-refractivity contribution in [2.24, 2.45) is 11.1 Å². The smallest absolute Gasteiger partial charge is 0.153 e. The van der Waals surface area contributed by atoms with E-state index < -0.39 is 9.84 Å². The molecule has 3 N–H and O–H groups in total. The van der Waals surface area contributed by atoms with Gasteiger partial charge in [0.25, 0.3) is 0 Å². The third kappa shape index (κ3) is 3.19. The van der Waals surface area contributed by atoms with E-state index in [2.05, 4.69) is 4.90 Å². The molecule has 2 fully saturated rings. The number of hydrogen-bond donors (Lipinski definition) is 2. The molecule has 0 aromatic rings. The van der Waals surface area contributed by atoms with Crippen molar-refractivity contribution in [2.75, 3.05) is 24.6 Å². The summed E-state index contributed by atoms with van der Waals surface area (Å²) in [5, 5.41) is 7.38. The number of amidine groups is 1. The number of sulfone groups is 1. The molecule has 17 heavy (non-hydrogen) atoms. The van der Waals surface area contributed by atoms with Gasteiger partial charge in [-0.15, -0.1) is 0 Å². The minimum absolute atomic E-state index is 0.0955. The van der Waals surface area contributed by atoms with Crippen LogP contribution < -0.4 is 5.73 Å². The maximum absolute atomic E-state index is 11.5. The summed E-state index contributed by atoms with van der Waals surface area (Å²) in [4.78, 5) is 2.25. The van der Waals surface area contributed by atoms with Crippen LogP contribution in [0.3, 0.4) is 0 Å². The summed E-state index contributed by atoms with van der Waals surface area (Å²) >= 11 is 0. The predicted molar refractivity (Wildman–Crippen MR) is 67.9 cm³/mol. The zero-order valence-corrected chi connectivity index (χ0v) is 11.1. The van der Waals surface area contributed by atoms with Gasteiger partial charge < -0.3 is 5.73 Å². The fourth-order valence-electron chi connectivity index (χ4n) is 2.67. The molecule has 98 valence electrons. The van der Waals surface area contributed by atoms with Crippen LogP contribution in [0.4, 0.5) is 0 Å². The van der Waals surface area contributed by atoms with Crippen LogP contribution in [-0.2, 0) is 9.84 Å². The number of nitrogens with zero attached hydrogens (tertiary/aromatic N) is 1. The van der Waals surface area contributed by atoms with Crippen LogP contribution in [0.15, 0.2) is 0 Å². The molecule has 1 aliphatic heterocycles. The Morgan fingerprint density at radius 3 is 2.65 bits per heavy atom. The van der Waals surface area contributed by atoms with Gasteiger partial charge in [0.2, 0.25) is 0 Å². The molecular formula is C11H21N3O2S. The molecule has 0 bridgehead atoms. The normalized spacial score (nSPS) is 31.0. The highest BCUT2D eigenvalue weighted by molar-refractivity contribution is 7.91. The lowest BCUT2D eigenvalue weighted by molar-refractivity contribution is 0.184. The largest absolute Gasteiger partial charge is 0.388 e. The SMILES string of the molecule is CC1CS(=O)(=O)CCN1CC1(CC(=N)N)CC1. The van der Waals surface area contributed by atoms with Gasteiger partial charge in [-0.25, -0.2) is 8.42 Å². The van der Waals surface area contributed by atoms with E-state index in [4.69, 9.17) is 11.1 Å². The van der Waals surface area contributed by atoms with Crippen LogP contribution >= 0.6 is 0 Å². The molecule has 1 saturated carbocycles. The highest BCUT2D eigenvalue weighted by atomic mass is 32.2. The van der Waals surface area contributed by atoms with Crippen molar-refractivity contribution in [3.63, 3.8) is 0 Å². The standard InChI is InChI=1S/C11H21N3O2S/c1-9-7-17(15,16)5-4-14(9)8-11(2-3-11)6-10(12)13/h9H,2-8H2,1H3,(H3,12,13). The van der Waals surface area contributed by atoms with Gasteiger partial charge >= 0.3 is 0 Å². The maximum atomic E-state index is 11.5. The van der Waals surface area contributed by atoms with E-state index in [1.807, 2.05) is 6.92 Å². The minimum atomic E-state index is -2.83. The average Bonchev–Trinajstić information content (AvgIpc) is 2.89. The maximum Gasteiger partial charge on any atom is 0.153 e. The van der Waals surface area contributed by atoms with Gasteiger partial charge in [0, 0.05) is 25.6 Å². The minimum Gasteiger partial charge on any atom is -0.388 e. The monoisotopic (exact) mass is 259 g/mol. The van der Waals surface area contributed by atoms with Gasteiger partial charge in [0.15, 0.2) is 9.84 Å². The van der Waals surface area contributed by atoms with E-state index in [1.54, 1.807) is 0 Å². The van der Waals surface area contributed by atoms with Crippen LogP contribution in [0, 0.1) is 10.8 Å². The number of nitrogens with two attached hydrogens (primary N) is 1. The Kier molecular flexibility index (Phi) is 3.20. The van der Waals surface area contributed by atoms with Crippen molar-refractivity contribution in [1.82, 2.24) is 4.90 Å². The molecule has 0 amide bonds. The molecule has 5 nitrogen and oxygen atoms in total. The molecule has 6 heteroatoms. The summed E-state index contributed by atoms with van der Waals surface area (Å²) in [7, 11) is -2.83. The summed E-state index contributed by atoms with van der Waals surface area (Å²) in [5.74, 6) is 0.788. The fraction of sp³-hybridized carbons (Fsp3) is 0.909. The van der Waals surface area contributed by atoms with Crippen molar-refractivity contribution in [3.8, 4) is 0 Å². The third-order valence-electron chi connectivity index (χ3n) is 3.87. The van der Waals surface area contributed by atoms with Crippen molar-refractivity contribution < 1.29 is 8.42 Å². The Hall–Kier alpha value is -0.620. The molecule has 1 atom stereocenters. The molecule has 1 aliphatic carbocycles. The summed E-state index contributed by atoms with van der Waals surface area (Å²) in [6.45, 7) is 3.49. The Labute approximate surface area is 103 Å². The second-order valence-corrected chi connectivity index (χ2v) is 7.86. The van der Waals surface area contributed by atoms with Gasteiger partial charge in [-0.3, -0.25) is 10.3 Å². The van der Waals surface area contributed by atoms with E-state index in [-0.39, 0.29) is 28.8 Å². The molecule has 2 rings (SSSR count). The first-order valence-electron chi connectivity index (χ1n) is 6.09. The van der Waals surface area contributed by atoms with Crippen LogP contribution in [0.5, 0.6) is 0 Å². The molecular weight excluding hydrogens is 238 g/mol. The number of nitrogens with one attached hydrogen (secondary N) is 1. The fourth-order valence-corrected chi connectivity index (χ4v) is 4.30. The van der Waals surface area contributed by atoms with Crippen molar-refractivity contribution in [3.05, 3.63) is 0 Å². The zero-order valence-electron chi connectivity index (χ0n) is 10.3. The Morgan fingerprint density at radius 1 is 1.53 bits per heavy atom. The summed E-state index contributed by atoms with van der Waals surface area (Å²) in [6, 6.07) is 0.0955. The molecule has 1 heterocycles. The van der Waals surface area contributed by atoms with E-state index in [0.29, 0.717) is 13.0 Å². The Morgan fingerprint density at radius 2 is 2.18 bits per heavy atom. The Balaban J connectivity index is 1.94. The van der Waals surface area contributed by atoms with Gasteiger partial charge in [0.05, 0.1) is 17.3 Å². The lowest BCUT2D eigenvalue weighted by Gasteiger charge is -2.35. The first-order chi connectivity index (χ1) is 7.82. The second kappa shape index (κ2) is 4.24. The molecule has 0 spiro atoms. The van der Waals surface area contributed by atoms with Crippen LogP contribution in [-0.4, -0.2) is 49.8 Å². The topological polar surface area (TPSA) is 87.2 Å². The average molecular weight is 259 g/mol. The van der Waals surface area contributed by atoms with Gasteiger partial charge in [0.1, 0.15) is 0 Å². The van der Waals surface area contributed by atoms with Crippen molar-refractivity contribution in [2.45, 2.75) is 32.2 Å². The number of rotatable bonds is 4. The molecule has 2 aliphatic rings. The van der Waals surface area contributed by atoms with Gasteiger partial charge in [-0.1, -0.05) is 0 Å². The number of hydrogen-bond acceptors (Lipinski definition) is 4. The first-order valence-corrected chi connectivity index (χ1v) is 7.91. The van der Waals surface area contributed by atoms with Crippen molar-refractivity contribution in [1.29, 1.82) is 5.41 Å². The summed E-state index contributed by atoms with van der Waals surface area (Å²) < 4.78 is 23.0. The van der Waals surface area contributed by atoms with Gasteiger partial charge in [-0.2, -0.15) is 0 Å². The van der Waals surface area contributed by atoms with Gasteiger partial charge in [-0.05, 0) is 25.2 Å². The molecule has 0 aromatic heterocycles. The Bertz CT molecular complexity index is 414. The molecule has 1 unspecified atom stereocenters. The zero-order chi connectivity index (χ0) is 12.7. The molecule has 0 radical (unpaired) electrons. The van der Waals surface area contributed by atoms with Crippen LogP contribution in [0.1, 0.15) is 26.2 Å². The highest BCUT2D eigenvalue weighted by Gasteiger charge is 2.45. The van der Waals surface area contributed by atoms with E-state index in [9.17, 15) is 8.42 Å². The quantitative estimate of drug-likeness (QED) is 0.558. The molecule has 1 saturated heterocycles. The lowest BCUT2D eigenvalue weighted by atomic mass is 10.0. The first kappa shape index (κ1) is 12.8. The third-order valence-corrected chi connectivity index (χ3v) is 5.66. The highest BCUT2D eigenvalue weighted by Crippen LogP contribution is 2.49. The van der Waals surface area contributed by atoms with Crippen LogP contribution in [0.2, 0.25) is 0 Å². The van der Waals surface area contributed by atoms with Crippen molar-refractivity contribution >= 4 is 15.7 Å². The second-order valence-electron chi connectivity index (χ2n) is 5.64. The predicted octanol–water partition coefficient (Wildman–Crippen LogP) is 0.212.